The SMILES string of the molecule is CC1C(CO)OC(C(C)(C)C)C([N+](C)(C)C)C1O. The second kappa shape index (κ2) is 5.08. The number of aliphatic hydroxyl groups excluding tert-OH is 2. The lowest BCUT2D eigenvalue weighted by atomic mass is 9.75. The van der Waals surface area contributed by atoms with Crippen LogP contribution in [0.3, 0.4) is 0 Å². The van der Waals surface area contributed by atoms with E-state index >= 15 is 0 Å². The lowest BCUT2D eigenvalue weighted by Crippen LogP contribution is -2.68. The zero-order valence-electron chi connectivity index (χ0n) is 12.8. The van der Waals surface area contributed by atoms with Gasteiger partial charge in [0.25, 0.3) is 0 Å². The summed E-state index contributed by atoms with van der Waals surface area (Å²) >= 11 is 0. The fourth-order valence-corrected chi connectivity index (χ4v) is 2.89. The highest BCUT2D eigenvalue weighted by Crippen LogP contribution is 2.38. The average Bonchev–Trinajstić information content (AvgIpc) is 2.18. The Balaban J connectivity index is 3.11. The molecule has 1 fully saturated rings. The summed E-state index contributed by atoms with van der Waals surface area (Å²) in [6.45, 7) is 8.29. The zero-order chi connectivity index (χ0) is 14.3. The maximum absolute atomic E-state index is 10.6. The summed E-state index contributed by atoms with van der Waals surface area (Å²) in [7, 11) is 6.26. The fraction of sp³-hybridized carbons (Fsp3) is 1.00. The highest BCUT2D eigenvalue weighted by Gasteiger charge is 2.52. The van der Waals surface area contributed by atoms with Crippen LogP contribution < -0.4 is 0 Å². The van der Waals surface area contributed by atoms with E-state index in [4.69, 9.17) is 4.74 Å². The van der Waals surface area contributed by atoms with Crippen LogP contribution >= 0.6 is 0 Å². The second-order valence-electron chi connectivity index (χ2n) is 7.60. The Morgan fingerprint density at radius 1 is 1.17 bits per heavy atom. The third-order valence-electron chi connectivity index (χ3n) is 4.03. The van der Waals surface area contributed by atoms with E-state index in [-0.39, 0.29) is 36.2 Å². The molecular weight excluding hydrogens is 230 g/mol. The molecule has 0 amide bonds. The van der Waals surface area contributed by atoms with Crippen molar-refractivity contribution in [3.63, 3.8) is 0 Å². The van der Waals surface area contributed by atoms with Gasteiger partial charge in [-0.1, -0.05) is 27.7 Å². The van der Waals surface area contributed by atoms with Crippen molar-refractivity contribution in [1.29, 1.82) is 0 Å². The van der Waals surface area contributed by atoms with Crippen LogP contribution in [0.15, 0.2) is 0 Å². The van der Waals surface area contributed by atoms with Crippen LogP contribution in [0.2, 0.25) is 0 Å². The first-order chi connectivity index (χ1) is 8.00. The van der Waals surface area contributed by atoms with Gasteiger partial charge >= 0.3 is 0 Å². The van der Waals surface area contributed by atoms with Gasteiger partial charge in [0.1, 0.15) is 18.2 Å². The van der Waals surface area contributed by atoms with Gasteiger partial charge in [0.05, 0.1) is 33.9 Å². The number of quaternary nitrogens is 1. The summed E-state index contributed by atoms with van der Waals surface area (Å²) in [5.41, 5.74) is -0.0647. The second-order valence-corrected chi connectivity index (χ2v) is 7.60. The van der Waals surface area contributed by atoms with Crippen LogP contribution in [-0.2, 0) is 4.74 Å². The maximum atomic E-state index is 10.6. The van der Waals surface area contributed by atoms with Crippen molar-refractivity contribution in [2.75, 3.05) is 27.7 Å². The maximum Gasteiger partial charge on any atom is 0.142 e. The molecule has 108 valence electrons. The highest BCUT2D eigenvalue weighted by molar-refractivity contribution is 4.95. The van der Waals surface area contributed by atoms with Gasteiger partial charge in [-0.3, -0.25) is 0 Å². The lowest BCUT2D eigenvalue weighted by Gasteiger charge is -2.52. The Kier molecular flexibility index (Phi) is 4.49. The predicted molar refractivity (Wildman–Crippen MR) is 72.2 cm³/mol. The molecule has 0 spiro atoms. The Morgan fingerprint density at radius 2 is 1.67 bits per heavy atom. The number of hydrogen-bond acceptors (Lipinski definition) is 3. The lowest BCUT2D eigenvalue weighted by molar-refractivity contribution is -0.907. The first-order valence-corrected chi connectivity index (χ1v) is 6.75. The molecule has 1 saturated heterocycles. The van der Waals surface area contributed by atoms with Crippen LogP contribution in [0.5, 0.6) is 0 Å². The number of nitrogens with zero attached hydrogens (tertiary/aromatic N) is 1. The van der Waals surface area contributed by atoms with Crippen LogP contribution in [0.1, 0.15) is 27.7 Å². The topological polar surface area (TPSA) is 49.7 Å². The molecule has 5 unspecified atom stereocenters. The predicted octanol–water partition coefficient (Wildman–Crippen LogP) is 0.864. The standard InChI is InChI=1S/C14H30NO3/c1-9-10(8-16)18-13(14(2,3)4)11(12(9)17)15(5,6)7/h9-13,16-17H,8H2,1-7H3/q+1. The molecule has 2 N–H and O–H groups in total. The molecule has 1 aliphatic heterocycles. The first kappa shape index (κ1) is 15.9. The minimum atomic E-state index is -0.458. The average molecular weight is 260 g/mol. The first-order valence-electron chi connectivity index (χ1n) is 6.75. The Labute approximate surface area is 111 Å². The minimum absolute atomic E-state index is 0.0165. The van der Waals surface area contributed by atoms with Gasteiger partial charge in [-0.25, -0.2) is 0 Å². The van der Waals surface area contributed by atoms with Crippen LogP contribution in [-0.4, -0.2) is 66.8 Å². The van der Waals surface area contributed by atoms with Crippen molar-refractivity contribution in [1.82, 2.24) is 0 Å². The van der Waals surface area contributed by atoms with Crippen LogP contribution in [0.25, 0.3) is 0 Å². The van der Waals surface area contributed by atoms with E-state index in [0.717, 1.165) is 0 Å². The highest BCUT2D eigenvalue weighted by atomic mass is 16.5. The number of ether oxygens (including phenoxy) is 1. The molecule has 4 heteroatoms. The molecular formula is C14H30NO3+. The molecule has 0 aromatic carbocycles. The van der Waals surface area contributed by atoms with Gasteiger partial charge in [0, 0.05) is 5.92 Å². The molecule has 0 aliphatic carbocycles. The molecule has 0 aromatic rings. The summed E-state index contributed by atoms with van der Waals surface area (Å²) in [5.74, 6) is -0.0454. The van der Waals surface area contributed by atoms with Gasteiger partial charge in [-0.2, -0.15) is 0 Å². The summed E-state index contributed by atoms with van der Waals surface area (Å²) in [6.07, 6.45) is -0.798. The molecule has 0 aromatic heterocycles. The van der Waals surface area contributed by atoms with Gasteiger partial charge in [0.15, 0.2) is 0 Å². The molecule has 5 atom stereocenters. The number of likely N-dealkylation sites (N-methyl/N-ethyl adjacent to an activating group) is 1. The molecule has 4 nitrogen and oxygen atoms in total. The fourth-order valence-electron chi connectivity index (χ4n) is 2.89. The van der Waals surface area contributed by atoms with E-state index in [9.17, 15) is 10.2 Å². The van der Waals surface area contributed by atoms with E-state index in [0.29, 0.717) is 4.48 Å². The molecule has 18 heavy (non-hydrogen) atoms. The third kappa shape index (κ3) is 3.05. The van der Waals surface area contributed by atoms with Crippen LogP contribution in [0.4, 0.5) is 0 Å². The largest absolute Gasteiger partial charge is 0.394 e. The molecule has 1 heterocycles. The van der Waals surface area contributed by atoms with Crippen LogP contribution in [0, 0.1) is 11.3 Å². The molecule has 0 radical (unpaired) electrons. The van der Waals surface area contributed by atoms with Crippen molar-refractivity contribution in [2.45, 2.75) is 52.0 Å². The number of aliphatic hydroxyl groups is 2. The van der Waals surface area contributed by atoms with E-state index in [1.165, 1.54) is 0 Å². The third-order valence-corrected chi connectivity index (χ3v) is 4.03. The van der Waals surface area contributed by atoms with Crippen molar-refractivity contribution >= 4 is 0 Å². The molecule has 0 bridgehead atoms. The molecule has 1 rings (SSSR count). The Morgan fingerprint density at radius 3 is 2.00 bits per heavy atom. The molecule has 1 aliphatic rings. The summed E-state index contributed by atoms with van der Waals surface area (Å²) < 4.78 is 6.75. The summed E-state index contributed by atoms with van der Waals surface area (Å²) in [4.78, 5) is 0. The van der Waals surface area contributed by atoms with Gasteiger partial charge in [-0.15, -0.1) is 0 Å². The minimum Gasteiger partial charge on any atom is -0.394 e. The van der Waals surface area contributed by atoms with Crippen molar-refractivity contribution < 1.29 is 19.4 Å². The number of hydrogen-bond donors (Lipinski definition) is 2. The van der Waals surface area contributed by atoms with E-state index < -0.39 is 6.10 Å². The Hall–Kier alpha value is -0.160. The van der Waals surface area contributed by atoms with Gasteiger partial charge in [0.2, 0.25) is 0 Å². The van der Waals surface area contributed by atoms with E-state index in [1.54, 1.807) is 0 Å². The Bertz CT molecular complexity index is 280. The van der Waals surface area contributed by atoms with Crippen molar-refractivity contribution in [3.8, 4) is 0 Å². The number of rotatable bonds is 2. The van der Waals surface area contributed by atoms with Gasteiger partial charge in [-0.05, 0) is 5.41 Å². The van der Waals surface area contributed by atoms with Gasteiger partial charge < -0.3 is 19.4 Å². The summed E-state index contributed by atoms with van der Waals surface area (Å²) in [6, 6.07) is 0.0165. The van der Waals surface area contributed by atoms with Crippen molar-refractivity contribution in [2.24, 2.45) is 11.3 Å². The summed E-state index contributed by atoms with van der Waals surface area (Å²) in [5, 5.41) is 20.0. The zero-order valence-corrected chi connectivity index (χ0v) is 12.8. The normalized spacial score (nSPS) is 38.8. The molecule has 0 saturated carbocycles. The quantitative estimate of drug-likeness (QED) is 0.724. The monoisotopic (exact) mass is 260 g/mol. The van der Waals surface area contributed by atoms with E-state index in [2.05, 4.69) is 41.9 Å². The van der Waals surface area contributed by atoms with E-state index in [1.807, 2.05) is 6.92 Å². The smallest absolute Gasteiger partial charge is 0.142 e. The van der Waals surface area contributed by atoms with Crippen molar-refractivity contribution in [3.05, 3.63) is 0 Å².